The fraction of sp³-hybridized carbons (Fsp3) is 0.364. The molecule has 0 aromatic heterocycles. The maximum Gasteiger partial charge on any atom is 0.416 e. The van der Waals surface area contributed by atoms with E-state index in [9.17, 15) is 26.3 Å². The molecule has 0 aliphatic carbocycles. The quantitative estimate of drug-likeness (QED) is 0.543. The molecule has 4 unspecified atom stereocenters. The van der Waals surface area contributed by atoms with Gasteiger partial charge in [-0.2, -0.15) is 26.3 Å². The predicted molar refractivity (Wildman–Crippen MR) is 105 cm³/mol. The molecule has 4 atom stereocenters. The molecular weight excluding hydrogens is 454 g/mol. The summed E-state index contributed by atoms with van der Waals surface area (Å²) in [6.45, 7) is 1.60. The predicted octanol–water partition coefficient (Wildman–Crippen LogP) is 5.64. The van der Waals surface area contributed by atoms with Crippen molar-refractivity contribution < 1.29 is 40.6 Å². The van der Waals surface area contributed by atoms with Gasteiger partial charge in [0.05, 0.1) is 18.2 Å². The third-order valence-corrected chi connectivity index (χ3v) is 5.36. The van der Waals surface area contributed by atoms with Crippen LogP contribution in [0.25, 0.3) is 0 Å². The van der Waals surface area contributed by atoms with Gasteiger partial charge in [0, 0.05) is 0 Å². The van der Waals surface area contributed by atoms with Crippen LogP contribution in [0.2, 0.25) is 0 Å². The van der Waals surface area contributed by atoms with Crippen LogP contribution in [-0.4, -0.2) is 31.6 Å². The van der Waals surface area contributed by atoms with E-state index in [1.807, 2.05) is 0 Å². The Balaban J connectivity index is 1.67. The first-order chi connectivity index (χ1) is 15.5. The zero-order chi connectivity index (χ0) is 24.0. The van der Waals surface area contributed by atoms with Gasteiger partial charge in [0.25, 0.3) is 6.40 Å². The second-order valence-electron chi connectivity index (χ2n) is 7.51. The van der Waals surface area contributed by atoms with Crippen LogP contribution in [0.3, 0.4) is 0 Å². The Morgan fingerprint density at radius 1 is 0.970 bits per heavy atom. The molecule has 11 heteroatoms. The molecule has 33 heavy (non-hydrogen) atoms. The number of aliphatic imine (C=N–C) groups is 2. The van der Waals surface area contributed by atoms with Crippen LogP contribution >= 0.6 is 0 Å². The Labute approximate surface area is 184 Å². The number of hydrogen-bond donors (Lipinski definition) is 0. The number of halogens is 6. The van der Waals surface area contributed by atoms with E-state index < -0.39 is 47.8 Å². The number of nitrogens with zero attached hydrogens (tertiary/aromatic N) is 2. The van der Waals surface area contributed by atoms with E-state index in [2.05, 4.69) is 16.4 Å². The average molecular weight is 471 g/mol. The maximum absolute atomic E-state index is 13.7. The molecule has 2 heterocycles. The molecule has 2 aliphatic rings. The van der Waals surface area contributed by atoms with E-state index in [1.54, 1.807) is 6.92 Å². The Morgan fingerprint density at radius 3 is 2.39 bits per heavy atom. The van der Waals surface area contributed by atoms with E-state index in [4.69, 9.17) is 14.2 Å². The minimum absolute atomic E-state index is 0.0159. The minimum Gasteiger partial charge on any atom is -0.497 e. The summed E-state index contributed by atoms with van der Waals surface area (Å²) < 4.78 is 96.2. The summed E-state index contributed by atoms with van der Waals surface area (Å²) in [4.78, 5) is 8.25. The SMILES string of the molecule is COc1ccc(C2N=[C]OC2C2=NC(c3cccc(C(F)(F)F)c3)C(C)O2)c(C(F)(F)F)c1. The van der Waals surface area contributed by atoms with Gasteiger partial charge in [-0.1, -0.05) is 18.2 Å². The smallest absolute Gasteiger partial charge is 0.416 e. The molecule has 5 nitrogen and oxygen atoms in total. The number of hydrogen-bond acceptors (Lipinski definition) is 5. The highest BCUT2D eigenvalue weighted by Crippen LogP contribution is 2.42. The van der Waals surface area contributed by atoms with Gasteiger partial charge < -0.3 is 14.2 Å². The molecule has 0 saturated heterocycles. The standard InChI is InChI=1S/C22H17F6N2O3/c1-11-17(12-4-3-5-13(8-12)21(23,24)25)30-20(33-11)19-18(29-10-32-19)15-7-6-14(31-2)9-16(15)22(26,27)28/h3-9,11,17-19H,1-2H3. The number of ether oxygens (including phenoxy) is 3. The molecular formula is C22H17F6N2O3. The second-order valence-corrected chi connectivity index (χ2v) is 7.51. The highest BCUT2D eigenvalue weighted by Gasteiger charge is 2.44. The van der Waals surface area contributed by atoms with Crippen molar-refractivity contribution in [2.24, 2.45) is 9.98 Å². The van der Waals surface area contributed by atoms with Crippen molar-refractivity contribution >= 4 is 12.3 Å². The fourth-order valence-electron chi connectivity index (χ4n) is 3.77. The van der Waals surface area contributed by atoms with E-state index in [0.29, 0.717) is 0 Å². The lowest BCUT2D eigenvalue weighted by Gasteiger charge is -2.21. The summed E-state index contributed by atoms with van der Waals surface area (Å²) in [6.07, 6.45) is -8.84. The van der Waals surface area contributed by atoms with Crippen molar-refractivity contribution in [3.63, 3.8) is 0 Å². The molecule has 0 N–H and O–H groups in total. The molecule has 0 amide bonds. The van der Waals surface area contributed by atoms with Gasteiger partial charge in [-0.05, 0) is 42.3 Å². The molecule has 2 aromatic carbocycles. The summed E-state index contributed by atoms with van der Waals surface area (Å²) in [7, 11) is 1.25. The Hall–Kier alpha value is -3.24. The summed E-state index contributed by atoms with van der Waals surface area (Å²) in [5.41, 5.74) is -1.74. The highest BCUT2D eigenvalue weighted by atomic mass is 19.4. The summed E-state index contributed by atoms with van der Waals surface area (Å²) in [5.74, 6) is -0.0465. The minimum atomic E-state index is -4.70. The number of methoxy groups -OCH3 is 1. The van der Waals surface area contributed by atoms with Crippen molar-refractivity contribution in [2.75, 3.05) is 7.11 Å². The van der Waals surface area contributed by atoms with Gasteiger partial charge in [-0.3, -0.25) is 0 Å². The first kappa shape index (κ1) is 22.9. The van der Waals surface area contributed by atoms with Crippen LogP contribution in [0.4, 0.5) is 26.3 Å². The molecule has 4 rings (SSSR count). The maximum atomic E-state index is 13.7. The van der Waals surface area contributed by atoms with Crippen LogP contribution in [0.15, 0.2) is 52.4 Å². The van der Waals surface area contributed by atoms with Crippen LogP contribution in [0.5, 0.6) is 5.75 Å². The molecule has 0 fully saturated rings. The van der Waals surface area contributed by atoms with E-state index >= 15 is 0 Å². The number of rotatable bonds is 4. The highest BCUT2D eigenvalue weighted by molar-refractivity contribution is 5.86. The van der Waals surface area contributed by atoms with Gasteiger partial charge >= 0.3 is 12.4 Å². The first-order valence-corrected chi connectivity index (χ1v) is 9.76. The van der Waals surface area contributed by atoms with E-state index in [0.717, 1.165) is 18.2 Å². The van der Waals surface area contributed by atoms with Gasteiger partial charge in [0.2, 0.25) is 12.0 Å². The van der Waals surface area contributed by atoms with Gasteiger partial charge in [-0.15, -0.1) is 0 Å². The molecule has 0 saturated carbocycles. The summed E-state index contributed by atoms with van der Waals surface area (Å²) >= 11 is 0. The lowest BCUT2D eigenvalue weighted by Crippen LogP contribution is -2.29. The number of alkyl halides is 6. The van der Waals surface area contributed by atoms with Crippen molar-refractivity contribution in [2.45, 2.75) is 43.6 Å². The van der Waals surface area contributed by atoms with Crippen LogP contribution in [-0.2, 0) is 21.8 Å². The normalized spacial score (nSPS) is 24.9. The molecule has 0 bridgehead atoms. The fourth-order valence-corrected chi connectivity index (χ4v) is 3.77. The molecule has 0 spiro atoms. The van der Waals surface area contributed by atoms with Crippen molar-refractivity contribution in [3.8, 4) is 5.75 Å². The molecule has 2 aromatic rings. The second kappa shape index (κ2) is 8.27. The van der Waals surface area contributed by atoms with Crippen molar-refractivity contribution in [3.05, 3.63) is 64.7 Å². The Kier molecular flexibility index (Phi) is 5.75. The Morgan fingerprint density at radius 2 is 1.73 bits per heavy atom. The lowest BCUT2D eigenvalue weighted by atomic mass is 9.96. The van der Waals surface area contributed by atoms with Crippen LogP contribution in [0, 0.1) is 0 Å². The third-order valence-electron chi connectivity index (χ3n) is 5.36. The monoisotopic (exact) mass is 471 g/mol. The van der Waals surface area contributed by atoms with Crippen LogP contribution < -0.4 is 4.74 Å². The van der Waals surface area contributed by atoms with Gasteiger partial charge in [0.1, 0.15) is 23.9 Å². The molecule has 2 aliphatic heterocycles. The Bertz CT molecular complexity index is 1100. The van der Waals surface area contributed by atoms with E-state index in [1.165, 1.54) is 31.4 Å². The average Bonchev–Trinajstić information content (AvgIpc) is 3.38. The summed E-state index contributed by atoms with van der Waals surface area (Å²) in [5, 5.41) is 0. The van der Waals surface area contributed by atoms with Gasteiger partial charge in [-0.25, -0.2) is 9.98 Å². The lowest BCUT2D eigenvalue weighted by molar-refractivity contribution is -0.139. The first-order valence-electron chi connectivity index (χ1n) is 9.76. The van der Waals surface area contributed by atoms with E-state index in [-0.39, 0.29) is 22.8 Å². The van der Waals surface area contributed by atoms with Crippen LogP contribution in [0.1, 0.15) is 41.3 Å². The summed E-state index contributed by atoms with van der Waals surface area (Å²) in [6, 6.07) is 6.12. The topological polar surface area (TPSA) is 52.4 Å². The molecule has 1 radical (unpaired) electrons. The number of benzene rings is 2. The largest absolute Gasteiger partial charge is 0.497 e. The third kappa shape index (κ3) is 4.49. The zero-order valence-electron chi connectivity index (χ0n) is 17.2. The molecule has 175 valence electrons. The van der Waals surface area contributed by atoms with Gasteiger partial charge in [0.15, 0.2) is 0 Å². The van der Waals surface area contributed by atoms with Crippen molar-refractivity contribution in [1.82, 2.24) is 0 Å². The van der Waals surface area contributed by atoms with Crippen molar-refractivity contribution in [1.29, 1.82) is 0 Å². The zero-order valence-corrected chi connectivity index (χ0v) is 17.2.